The number of ether oxygens (including phenoxy) is 1. The molecule has 3 rings (SSSR count). The number of nitrogens with zero attached hydrogens (tertiary/aromatic N) is 2. The number of amidine groups is 1. The zero-order valence-corrected chi connectivity index (χ0v) is 15.5. The SMILES string of the molecule is COc1ccc(Br)cc1/C=C1\SC(N2CCCCCC2)=NC1=O. The number of thioether (sulfide) groups is 1. The highest BCUT2D eigenvalue weighted by molar-refractivity contribution is 9.10. The summed E-state index contributed by atoms with van der Waals surface area (Å²) in [5.41, 5.74) is 0.880. The predicted octanol–water partition coefficient (Wildman–Crippen LogP) is 4.30. The maximum absolute atomic E-state index is 12.2. The van der Waals surface area contributed by atoms with Crippen molar-refractivity contribution in [3.8, 4) is 5.75 Å². The van der Waals surface area contributed by atoms with Gasteiger partial charge in [0.2, 0.25) is 0 Å². The molecular weight excluding hydrogens is 376 g/mol. The molecule has 0 unspecified atom stereocenters. The first-order valence-electron chi connectivity index (χ1n) is 7.78. The molecule has 0 aromatic heterocycles. The van der Waals surface area contributed by atoms with Gasteiger partial charge in [-0.2, -0.15) is 4.99 Å². The number of likely N-dealkylation sites (tertiary alicyclic amines) is 1. The maximum atomic E-state index is 12.2. The van der Waals surface area contributed by atoms with E-state index in [2.05, 4.69) is 25.8 Å². The average Bonchev–Trinajstić information content (AvgIpc) is 2.76. The van der Waals surface area contributed by atoms with Gasteiger partial charge >= 0.3 is 0 Å². The third kappa shape index (κ3) is 3.98. The quantitative estimate of drug-likeness (QED) is 0.701. The fourth-order valence-corrected chi connectivity index (χ4v) is 4.09. The minimum atomic E-state index is -0.156. The lowest BCUT2D eigenvalue weighted by Crippen LogP contribution is -2.28. The highest BCUT2D eigenvalue weighted by Crippen LogP contribution is 2.34. The van der Waals surface area contributed by atoms with Crippen molar-refractivity contribution < 1.29 is 9.53 Å². The van der Waals surface area contributed by atoms with Crippen molar-refractivity contribution in [2.75, 3.05) is 20.2 Å². The normalized spacial score (nSPS) is 20.6. The molecule has 23 heavy (non-hydrogen) atoms. The van der Waals surface area contributed by atoms with E-state index in [4.69, 9.17) is 4.74 Å². The van der Waals surface area contributed by atoms with Gasteiger partial charge < -0.3 is 9.64 Å². The lowest BCUT2D eigenvalue weighted by atomic mass is 10.2. The Morgan fingerprint density at radius 1 is 1.26 bits per heavy atom. The lowest BCUT2D eigenvalue weighted by Gasteiger charge is -2.20. The van der Waals surface area contributed by atoms with Crippen LogP contribution in [0.3, 0.4) is 0 Å². The largest absolute Gasteiger partial charge is 0.496 e. The standard InChI is InChI=1S/C17H19BrN2O2S/c1-22-14-7-6-13(18)10-12(14)11-15-16(21)19-17(23-15)20-8-4-2-3-5-9-20/h6-7,10-11H,2-5,8-9H2,1H3/b15-11-. The summed E-state index contributed by atoms with van der Waals surface area (Å²) in [6.07, 6.45) is 6.74. The van der Waals surface area contributed by atoms with Gasteiger partial charge in [0.1, 0.15) is 5.75 Å². The number of carbonyl (C=O) groups excluding carboxylic acids is 1. The van der Waals surface area contributed by atoms with E-state index in [1.54, 1.807) is 7.11 Å². The van der Waals surface area contributed by atoms with E-state index in [0.29, 0.717) is 4.91 Å². The molecule has 1 aromatic rings. The second kappa shape index (κ2) is 7.53. The molecule has 122 valence electrons. The van der Waals surface area contributed by atoms with E-state index in [-0.39, 0.29) is 5.91 Å². The first-order chi connectivity index (χ1) is 11.2. The molecule has 0 radical (unpaired) electrons. The third-order valence-corrected chi connectivity index (χ3v) is 5.50. The van der Waals surface area contributed by atoms with Crippen molar-refractivity contribution in [3.63, 3.8) is 0 Å². The Balaban J connectivity index is 1.80. The van der Waals surface area contributed by atoms with Gasteiger partial charge in [0.15, 0.2) is 5.17 Å². The number of rotatable bonds is 2. The first-order valence-corrected chi connectivity index (χ1v) is 9.39. The van der Waals surface area contributed by atoms with E-state index in [1.165, 1.54) is 37.4 Å². The average molecular weight is 395 g/mol. The number of amides is 1. The zero-order valence-electron chi connectivity index (χ0n) is 13.0. The summed E-state index contributed by atoms with van der Waals surface area (Å²) >= 11 is 4.93. The topological polar surface area (TPSA) is 41.9 Å². The molecule has 1 amide bonds. The van der Waals surface area contributed by atoms with Gasteiger partial charge in [0.25, 0.3) is 5.91 Å². The molecule has 0 N–H and O–H groups in total. The predicted molar refractivity (Wildman–Crippen MR) is 98.7 cm³/mol. The number of hydrogen-bond donors (Lipinski definition) is 0. The van der Waals surface area contributed by atoms with E-state index in [0.717, 1.165) is 34.0 Å². The molecule has 2 aliphatic rings. The van der Waals surface area contributed by atoms with Crippen LogP contribution in [-0.2, 0) is 4.79 Å². The molecule has 0 spiro atoms. The summed E-state index contributed by atoms with van der Waals surface area (Å²) < 4.78 is 6.32. The number of halogens is 1. The van der Waals surface area contributed by atoms with Crippen LogP contribution in [0.4, 0.5) is 0 Å². The van der Waals surface area contributed by atoms with Gasteiger partial charge in [-0.25, -0.2) is 0 Å². The van der Waals surface area contributed by atoms with Gasteiger partial charge in [-0.05, 0) is 48.9 Å². The third-order valence-electron chi connectivity index (χ3n) is 3.96. The minimum absolute atomic E-state index is 0.156. The fraction of sp³-hybridized carbons (Fsp3) is 0.412. The maximum Gasteiger partial charge on any atom is 0.286 e. The molecule has 2 heterocycles. The number of methoxy groups -OCH3 is 1. The van der Waals surface area contributed by atoms with Crippen molar-refractivity contribution in [1.82, 2.24) is 4.90 Å². The molecule has 4 nitrogen and oxygen atoms in total. The summed E-state index contributed by atoms with van der Waals surface area (Å²) in [4.78, 5) is 19.4. The number of benzene rings is 1. The van der Waals surface area contributed by atoms with Crippen molar-refractivity contribution in [2.24, 2.45) is 4.99 Å². The Morgan fingerprint density at radius 3 is 2.70 bits per heavy atom. The van der Waals surface area contributed by atoms with E-state index in [9.17, 15) is 4.79 Å². The fourth-order valence-electron chi connectivity index (χ4n) is 2.75. The molecule has 6 heteroatoms. The Kier molecular flexibility index (Phi) is 5.43. The Labute approximate surface area is 149 Å². The number of carbonyl (C=O) groups is 1. The summed E-state index contributed by atoms with van der Waals surface area (Å²) in [6.45, 7) is 1.99. The van der Waals surface area contributed by atoms with Crippen LogP contribution in [0.25, 0.3) is 6.08 Å². The smallest absolute Gasteiger partial charge is 0.286 e. The second-order valence-corrected chi connectivity index (χ2v) is 7.52. The first kappa shape index (κ1) is 16.6. The Hall–Kier alpha value is -1.27. The Bertz CT molecular complexity index is 665. The van der Waals surface area contributed by atoms with Crippen LogP contribution >= 0.6 is 27.7 Å². The van der Waals surface area contributed by atoms with E-state index >= 15 is 0 Å². The number of hydrogen-bond acceptors (Lipinski definition) is 4. The molecule has 1 saturated heterocycles. The van der Waals surface area contributed by atoms with Crippen LogP contribution in [0.1, 0.15) is 31.2 Å². The van der Waals surface area contributed by atoms with Gasteiger partial charge in [0, 0.05) is 23.1 Å². The molecule has 0 bridgehead atoms. The highest BCUT2D eigenvalue weighted by atomic mass is 79.9. The molecule has 1 aromatic carbocycles. The van der Waals surface area contributed by atoms with Crippen molar-refractivity contribution in [3.05, 3.63) is 33.1 Å². The summed E-state index contributed by atoms with van der Waals surface area (Å²) in [6, 6.07) is 5.75. The molecule has 1 fully saturated rings. The molecular formula is C17H19BrN2O2S. The monoisotopic (exact) mass is 394 g/mol. The highest BCUT2D eigenvalue weighted by Gasteiger charge is 2.26. The molecule has 0 aliphatic carbocycles. The van der Waals surface area contributed by atoms with Crippen molar-refractivity contribution in [2.45, 2.75) is 25.7 Å². The molecule has 2 aliphatic heterocycles. The van der Waals surface area contributed by atoms with Crippen LogP contribution in [0.5, 0.6) is 5.75 Å². The van der Waals surface area contributed by atoms with Crippen LogP contribution in [0.15, 0.2) is 32.6 Å². The number of aliphatic imine (C=N–C) groups is 1. The van der Waals surface area contributed by atoms with Gasteiger partial charge in [-0.3, -0.25) is 4.79 Å². The minimum Gasteiger partial charge on any atom is -0.496 e. The van der Waals surface area contributed by atoms with Gasteiger partial charge in [-0.15, -0.1) is 0 Å². The van der Waals surface area contributed by atoms with Crippen LogP contribution < -0.4 is 4.74 Å². The van der Waals surface area contributed by atoms with E-state index < -0.39 is 0 Å². The van der Waals surface area contributed by atoms with Crippen LogP contribution in [0, 0.1) is 0 Å². The van der Waals surface area contributed by atoms with Crippen molar-refractivity contribution in [1.29, 1.82) is 0 Å². The second-order valence-electron chi connectivity index (χ2n) is 5.60. The van der Waals surface area contributed by atoms with Crippen molar-refractivity contribution >= 4 is 44.8 Å². The Morgan fingerprint density at radius 2 is 2.00 bits per heavy atom. The van der Waals surface area contributed by atoms with E-state index in [1.807, 2.05) is 24.3 Å². The summed E-state index contributed by atoms with van der Waals surface area (Å²) in [7, 11) is 1.63. The van der Waals surface area contributed by atoms with Crippen LogP contribution in [-0.4, -0.2) is 36.2 Å². The van der Waals surface area contributed by atoms with Gasteiger partial charge in [-0.1, -0.05) is 28.8 Å². The molecule has 0 atom stereocenters. The zero-order chi connectivity index (χ0) is 16.2. The molecule has 0 saturated carbocycles. The van der Waals surface area contributed by atoms with Crippen LogP contribution in [0.2, 0.25) is 0 Å². The summed E-state index contributed by atoms with van der Waals surface area (Å²) in [5.74, 6) is 0.591. The summed E-state index contributed by atoms with van der Waals surface area (Å²) in [5, 5.41) is 0.845. The lowest BCUT2D eigenvalue weighted by molar-refractivity contribution is -0.113. The van der Waals surface area contributed by atoms with Gasteiger partial charge in [0.05, 0.1) is 12.0 Å².